The SMILES string of the molecule is CCCNc1nc2ccccn2c(=O)c1/C=C1\SC(=S)N(Cc2ccc(OC)cc2)C1=O. The molecule has 0 bridgehead atoms. The van der Waals surface area contributed by atoms with E-state index < -0.39 is 0 Å². The average Bonchev–Trinajstić information content (AvgIpc) is 3.07. The van der Waals surface area contributed by atoms with Crippen molar-refractivity contribution in [3.05, 3.63) is 75.0 Å². The van der Waals surface area contributed by atoms with Crippen LogP contribution < -0.4 is 15.6 Å². The molecule has 0 aliphatic carbocycles. The Labute approximate surface area is 195 Å². The normalized spacial score (nSPS) is 15.1. The van der Waals surface area contributed by atoms with Crippen LogP contribution in [0.25, 0.3) is 11.7 Å². The average molecular weight is 467 g/mol. The first kappa shape index (κ1) is 22.0. The van der Waals surface area contributed by atoms with Crippen LogP contribution >= 0.6 is 24.0 Å². The quantitative estimate of drug-likeness (QED) is 0.418. The van der Waals surface area contributed by atoms with Crippen molar-refractivity contribution in [2.24, 2.45) is 0 Å². The Kier molecular flexibility index (Phi) is 6.57. The molecule has 9 heteroatoms. The minimum atomic E-state index is -0.241. The molecule has 32 heavy (non-hydrogen) atoms. The summed E-state index contributed by atoms with van der Waals surface area (Å²) in [6.45, 7) is 3.04. The maximum atomic E-state index is 13.2. The van der Waals surface area contributed by atoms with Gasteiger partial charge in [-0.3, -0.25) is 18.9 Å². The van der Waals surface area contributed by atoms with Gasteiger partial charge < -0.3 is 10.1 Å². The van der Waals surface area contributed by atoms with Crippen molar-refractivity contribution in [1.29, 1.82) is 0 Å². The third-order valence-corrected chi connectivity index (χ3v) is 6.34. The zero-order valence-electron chi connectivity index (χ0n) is 17.7. The van der Waals surface area contributed by atoms with Crippen LogP contribution in [0.4, 0.5) is 5.82 Å². The van der Waals surface area contributed by atoms with Gasteiger partial charge in [-0.25, -0.2) is 4.98 Å². The predicted molar refractivity (Wildman–Crippen MR) is 132 cm³/mol. The third kappa shape index (κ3) is 4.39. The lowest BCUT2D eigenvalue weighted by atomic mass is 10.2. The molecule has 3 aromatic rings. The summed E-state index contributed by atoms with van der Waals surface area (Å²) in [4.78, 5) is 32.8. The number of anilines is 1. The van der Waals surface area contributed by atoms with E-state index >= 15 is 0 Å². The third-order valence-electron chi connectivity index (χ3n) is 4.96. The first-order valence-electron chi connectivity index (χ1n) is 10.2. The number of hydrogen-bond acceptors (Lipinski definition) is 7. The van der Waals surface area contributed by atoms with E-state index in [9.17, 15) is 9.59 Å². The minimum Gasteiger partial charge on any atom is -0.497 e. The Morgan fingerprint density at radius 1 is 1.19 bits per heavy atom. The summed E-state index contributed by atoms with van der Waals surface area (Å²) in [5.41, 5.74) is 1.57. The number of thiocarbonyl (C=S) groups is 1. The number of amides is 1. The number of fused-ring (bicyclic) bond motifs is 1. The number of carbonyl (C=O) groups excluding carboxylic acids is 1. The molecule has 0 spiro atoms. The van der Waals surface area contributed by atoms with Gasteiger partial charge in [-0.15, -0.1) is 0 Å². The van der Waals surface area contributed by atoms with Gasteiger partial charge in [-0.05, 0) is 42.3 Å². The molecule has 0 unspecified atom stereocenters. The number of hydrogen-bond donors (Lipinski definition) is 1. The second-order valence-electron chi connectivity index (χ2n) is 7.15. The van der Waals surface area contributed by atoms with E-state index in [1.54, 1.807) is 36.4 Å². The molecule has 1 aromatic carbocycles. The number of nitrogens with one attached hydrogen (secondary N) is 1. The predicted octanol–water partition coefficient (Wildman–Crippen LogP) is 3.93. The molecule has 7 nitrogen and oxygen atoms in total. The maximum absolute atomic E-state index is 13.2. The number of carbonyl (C=O) groups is 1. The number of methoxy groups -OCH3 is 1. The van der Waals surface area contributed by atoms with Gasteiger partial charge in [0.2, 0.25) is 0 Å². The second kappa shape index (κ2) is 9.54. The Balaban J connectivity index is 1.68. The molecule has 164 valence electrons. The molecule has 1 fully saturated rings. The molecule has 0 saturated carbocycles. The lowest BCUT2D eigenvalue weighted by Crippen LogP contribution is -2.27. The fourth-order valence-corrected chi connectivity index (χ4v) is 4.53. The van der Waals surface area contributed by atoms with Gasteiger partial charge in [0.05, 0.1) is 24.1 Å². The molecule has 0 atom stereocenters. The summed E-state index contributed by atoms with van der Waals surface area (Å²) in [5.74, 6) is 0.980. The van der Waals surface area contributed by atoms with E-state index in [0.717, 1.165) is 17.7 Å². The van der Waals surface area contributed by atoms with Gasteiger partial charge in [0.25, 0.3) is 11.5 Å². The summed E-state index contributed by atoms with van der Waals surface area (Å²) in [6.07, 6.45) is 4.14. The van der Waals surface area contributed by atoms with Gasteiger partial charge in [-0.2, -0.15) is 0 Å². The Hall–Kier alpha value is -3.17. The number of benzene rings is 1. The van der Waals surface area contributed by atoms with Crippen LogP contribution in [-0.2, 0) is 11.3 Å². The van der Waals surface area contributed by atoms with Gasteiger partial charge in [-0.1, -0.05) is 49.1 Å². The first-order chi connectivity index (χ1) is 15.5. The van der Waals surface area contributed by atoms with Crippen LogP contribution in [0.1, 0.15) is 24.5 Å². The Bertz CT molecular complexity index is 1270. The molecule has 1 aliphatic heterocycles. The van der Waals surface area contributed by atoms with Crippen LogP contribution in [0.5, 0.6) is 5.75 Å². The second-order valence-corrected chi connectivity index (χ2v) is 8.83. The van der Waals surface area contributed by atoms with Crippen molar-refractivity contribution in [3.8, 4) is 5.75 Å². The molecule has 2 aromatic heterocycles. The van der Waals surface area contributed by atoms with Gasteiger partial charge in [0.1, 0.15) is 21.5 Å². The highest BCUT2D eigenvalue weighted by atomic mass is 32.2. The minimum absolute atomic E-state index is 0.227. The van der Waals surface area contributed by atoms with Crippen LogP contribution in [0, 0.1) is 0 Å². The molecule has 3 heterocycles. The van der Waals surface area contributed by atoms with E-state index in [1.165, 1.54) is 16.2 Å². The molecule has 1 saturated heterocycles. The van der Waals surface area contributed by atoms with Gasteiger partial charge in [0.15, 0.2) is 0 Å². The van der Waals surface area contributed by atoms with Crippen molar-refractivity contribution in [3.63, 3.8) is 0 Å². The Morgan fingerprint density at radius 2 is 1.97 bits per heavy atom. The highest BCUT2D eigenvalue weighted by molar-refractivity contribution is 8.26. The molecule has 1 N–H and O–H groups in total. The van der Waals surface area contributed by atoms with E-state index in [0.29, 0.717) is 39.3 Å². The first-order valence-corrected chi connectivity index (χ1v) is 11.4. The molecule has 0 radical (unpaired) electrons. The molecular formula is C23H22N4O3S2. The number of nitrogens with zero attached hydrogens (tertiary/aromatic N) is 3. The molecule has 4 rings (SSSR count). The number of ether oxygens (including phenoxy) is 1. The van der Waals surface area contributed by atoms with Gasteiger partial charge in [0, 0.05) is 12.7 Å². The molecule has 1 aliphatic rings. The van der Waals surface area contributed by atoms with Crippen molar-refractivity contribution < 1.29 is 9.53 Å². The van der Waals surface area contributed by atoms with E-state index in [2.05, 4.69) is 10.3 Å². The van der Waals surface area contributed by atoms with E-state index in [1.807, 2.05) is 37.3 Å². The summed E-state index contributed by atoms with van der Waals surface area (Å²) in [7, 11) is 1.61. The largest absolute Gasteiger partial charge is 0.497 e. The highest BCUT2D eigenvalue weighted by Crippen LogP contribution is 2.34. The molecular weight excluding hydrogens is 444 g/mol. The topological polar surface area (TPSA) is 75.9 Å². The maximum Gasteiger partial charge on any atom is 0.267 e. The zero-order valence-corrected chi connectivity index (χ0v) is 19.3. The monoisotopic (exact) mass is 466 g/mol. The fourth-order valence-electron chi connectivity index (χ4n) is 3.29. The van der Waals surface area contributed by atoms with E-state index in [-0.39, 0.29) is 11.5 Å². The van der Waals surface area contributed by atoms with Crippen LogP contribution in [0.3, 0.4) is 0 Å². The molecule has 1 amide bonds. The summed E-state index contributed by atoms with van der Waals surface area (Å²) >= 11 is 6.65. The van der Waals surface area contributed by atoms with Gasteiger partial charge >= 0.3 is 0 Å². The van der Waals surface area contributed by atoms with Crippen LogP contribution in [-0.4, -0.2) is 38.2 Å². The van der Waals surface area contributed by atoms with Crippen LogP contribution in [0.15, 0.2) is 58.4 Å². The number of rotatable bonds is 7. The zero-order chi connectivity index (χ0) is 22.7. The number of aromatic nitrogens is 2. The van der Waals surface area contributed by atoms with Crippen LogP contribution in [0.2, 0.25) is 0 Å². The summed E-state index contributed by atoms with van der Waals surface area (Å²) in [5, 5.41) is 3.21. The van der Waals surface area contributed by atoms with E-state index in [4.69, 9.17) is 17.0 Å². The lowest BCUT2D eigenvalue weighted by Gasteiger charge is -2.14. The smallest absolute Gasteiger partial charge is 0.267 e. The number of thioether (sulfide) groups is 1. The van der Waals surface area contributed by atoms with Crippen molar-refractivity contribution in [2.45, 2.75) is 19.9 Å². The standard InChI is InChI=1S/C23H22N4O3S2/c1-3-11-24-20-17(21(28)26-12-5-4-6-19(26)25-20)13-18-22(29)27(23(31)32-18)14-15-7-9-16(30-2)10-8-15/h4-10,12-13,24H,3,11,14H2,1-2H3/b18-13-. The fraction of sp³-hybridized carbons (Fsp3) is 0.217. The highest BCUT2D eigenvalue weighted by Gasteiger charge is 2.32. The Morgan fingerprint density at radius 3 is 2.69 bits per heavy atom. The van der Waals surface area contributed by atoms with Crippen molar-refractivity contribution in [1.82, 2.24) is 14.3 Å². The van der Waals surface area contributed by atoms with Crippen molar-refractivity contribution >= 4 is 51.7 Å². The lowest BCUT2D eigenvalue weighted by molar-refractivity contribution is -0.122. The summed E-state index contributed by atoms with van der Waals surface area (Å²) in [6, 6.07) is 12.9. The number of pyridine rings is 1. The summed E-state index contributed by atoms with van der Waals surface area (Å²) < 4.78 is 7.11. The van der Waals surface area contributed by atoms with Crippen molar-refractivity contribution in [2.75, 3.05) is 19.0 Å².